The normalized spacial score (nSPS) is 27.1. The van der Waals surface area contributed by atoms with E-state index in [2.05, 4.69) is 53.5 Å². The molecule has 0 saturated carbocycles. The van der Waals surface area contributed by atoms with Gasteiger partial charge in [0.2, 0.25) is 0 Å². The first-order valence-corrected chi connectivity index (χ1v) is 7.19. The number of methoxy groups -OCH3 is 1. The molecule has 0 bridgehead atoms. The first-order valence-electron chi connectivity index (χ1n) is 7.19. The van der Waals surface area contributed by atoms with Gasteiger partial charge in [0.1, 0.15) is 5.76 Å². The molecule has 0 amide bonds. The van der Waals surface area contributed by atoms with Crippen molar-refractivity contribution in [2.75, 3.05) is 33.4 Å². The molecular formula is C17H21NO2. The third-order valence-electron chi connectivity index (χ3n) is 4.06. The van der Waals surface area contributed by atoms with Gasteiger partial charge < -0.3 is 9.47 Å². The van der Waals surface area contributed by atoms with Crippen molar-refractivity contribution in [2.24, 2.45) is 0 Å². The van der Waals surface area contributed by atoms with Crippen molar-refractivity contribution < 1.29 is 9.47 Å². The number of hydrogen-bond donors (Lipinski definition) is 0. The molecule has 1 aromatic carbocycles. The lowest BCUT2D eigenvalue weighted by Crippen LogP contribution is -2.45. The van der Waals surface area contributed by atoms with Crippen LogP contribution in [0.5, 0.6) is 0 Å². The maximum absolute atomic E-state index is 5.47. The third kappa shape index (κ3) is 2.79. The largest absolute Gasteiger partial charge is 0.497 e. The zero-order valence-corrected chi connectivity index (χ0v) is 11.9. The molecule has 0 spiro atoms. The molecule has 0 N–H and O–H groups in total. The summed E-state index contributed by atoms with van der Waals surface area (Å²) in [5.74, 6) is 1.29. The molecule has 2 aliphatic rings. The third-order valence-corrected chi connectivity index (χ3v) is 4.06. The maximum Gasteiger partial charge on any atom is 0.115 e. The number of morpholine rings is 1. The van der Waals surface area contributed by atoms with E-state index in [1.807, 2.05) is 0 Å². The van der Waals surface area contributed by atoms with Gasteiger partial charge in [0.25, 0.3) is 0 Å². The molecule has 1 heterocycles. The molecule has 1 aliphatic carbocycles. The van der Waals surface area contributed by atoms with Gasteiger partial charge >= 0.3 is 0 Å². The van der Waals surface area contributed by atoms with Gasteiger partial charge in [0, 0.05) is 25.0 Å². The molecule has 3 rings (SSSR count). The molecular weight excluding hydrogens is 250 g/mol. The van der Waals surface area contributed by atoms with Crippen molar-refractivity contribution in [2.45, 2.75) is 12.0 Å². The average molecular weight is 271 g/mol. The number of benzene rings is 1. The molecule has 1 unspecified atom stereocenters. The van der Waals surface area contributed by atoms with Crippen LogP contribution in [0.3, 0.4) is 0 Å². The highest BCUT2D eigenvalue weighted by Crippen LogP contribution is 2.31. The van der Waals surface area contributed by atoms with E-state index in [4.69, 9.17) is 9.47 Å². The van der Waals surface area contributed by atoms with Crippen LogP contribution in [0.2, 0.25) is 0 Å². The second kappa shape index (κ2) is 6.25. The topological polar surface area (TPSA) is 21.7 Å². The quantitative estimate of drug-likeness (QED) is 0.843. The van der Waals surface area contributed by atoms with Gasteiger partial charge in [0.05, 0.1) is 20.3 Å². The molecule has 1 saturated heterocycles. The molecule has 1 aromatic rings. The standard InChI is InChI=1S/C17H21NO2/c1-19-15-7-8-17(18-9-11-20-12-10-18)16(13-15)14-5-3-2-4-6-14/h2-8,13,16-17H,9-12H2,1H3/t16-,17?/m0/s1. The first-order chi connectivity index (χ1) is 9.88. The van der Waals surface area contributed by atoms with Gasteiger partial charge in [0.15, 0.2) is 0 Å². The summed E-state index contributed by atoms with van der Waals surface area (Å²) in [4.78, 5) is 2.50. The minimum absolute atomic E-state index is 0.342. The predicted molar refractivity (Wildman–Crippen MR) is 79.6 cm³/mol. The summed E-state index contributed by atoms with van der Waals surface area (Å²) in [6, 6.07) is 11.0. The average Bonchev–Trinajstić information content (AvgIpc) is 2.56. The summed E-state index contributed by atoms with van der Waals surface area (Å²) in [5, 5.41) is 0. The highest BCUT2D eigenvalue weighted by Gasteiger charge is 2.29. The van der Waals surface area contributed by atoms with Crippen molar-refractivity contribution in [1.82, 2.24) is 4.90 Å². The number of hydrogen-bond acceptors (Lipinski definition) is 3. The van der Waals surface area contributed by atoms with Crippen LogP contribution < -0.4 is 0 Å². The van der Waals surface area contributed by atoms with Crippen molar-refractivity contribution in [3.63, 3.8) is 0 Å². The molecule has 106 valence electrons. The van der Waals surface area contributed by atoms with E-state index in [9.17, 15) is 0 Å². The molecule has 1 aliphatic heterocycles. The fraction of sp³-hybridized carbons (Fsp3) is 0.412. The lowest BCUT2D eigenvalue weighted by Gasteiger charge is -2.38. The Morgan fingerprint density at radius 3 is 2.60 bits per heavy atom. The SMILES string of the molecule is COC1=C[C@@H](c2ccccc2)C(N2CCOCC2)C=C1. The fourth-order valence-electron chi connectivity index (χ4n) is 2.97. The molecule has 0 radical (unpaired) electrons. The van der Waals surface area contributed by atoms with Crippen LogP contribution in [-0.2, 0) is 9.47 Å². The van der Waals surface area contributed by atoms with Crippen LogP contribution in [0, 0.1) is 0 Å². The Labute approximate surface area is 120 Å². The van der Waals surface area contributed by atoms with Crippen LogP contribution in [-0.4, -0.2) is 44.4 Å². The van der Waals surface area contributed by atoms with Crippen molar-refractivity contribution >= 4 is 0 Å². The molecule has 20 heavy (non-hydrogen) atoms. The first kappa shape index (κ1) is 13.4. The number of ether oxygens (including phenoxy) is 2. The Morgan fingerprint density at radius 2 is 1.90 bits per heavy atom. The van der Waals surface area contributed by atoms with Crippen LogP contribution >= 0.6 is 0 Å². The molecule has 0 aromatic heterocycles. The molecule has 3 heteroatoms. The van der Waals surface area contributed by atoms with E-state index in [1.165, 1.54) is 5.56 Å². The highest BCUT2D eigenvalue weighted by atomic mass is 16.5. The van der Waals surface area contributed by atoms with Crippen LogP contribution in [0.1, 0.15) is 11.5 Å². The summed E-state index contributed by atoms with van der Waals surface area (Å²) < 4.78 is 10.9. The Hall–Kier alpha value is -1.58. The molecule has 3 nitrogen and oxygen atoms in total. The van der Waals surface area contributed by atoms with Crippen molar-refractivity contribution in [1.29, 1.82) is 0 Å². The van der Waals surface area contributed by atoms with Gasteiger partial charge in [-0.3, -0.25) is 4.90 Å². The smallest absolute Gasteiger partial charge is 0.115 e. The van der Waals surface area contributed by atoms with E-state index in [0.717, 1.165) is 32.1 Å². The zero-order chi connectivity index (χ0) is 13.8. The van der Waals surface area contributed by atoms with E-state index in [0.29, 0.717) is 12.0 Å². The van der Waals surface area contributed by atoms with Gasteiger partial charge in [-0.25, -0.2) is 0 Å². The second-order valence-electron chi connectivity index (χ2n) is 5.21. The summed E-state index contributed by atoms with van der Waals surface area (Å²) in [7, 11) is 1.73. The maximum atomic E-state index is 5.47. The van der Waals surface area contributed by atoms with Crippen LogP contribution in [0.15, 0.2) is 54.3 Å². The minimum atomic E-state index is 0.342. The molecule has 2 atom stereocenters. The van der Waals surface area contributed by atoms with E-state index in [1.54, 1.807) is 7.11 Å². The number of allylic oxidation sites excluding steroid dienone is 1. The number of rotatable bonds is 3. The lowest BCUT2D eigenvalue weighted by molar-refractivity contribution is 0.0226. The lowest BCUT2D eigenvalue weighted by atomic mass is 9.86. The minimum Gasteiger partial charge on any atom is -0.497 e. The van der Waals surface area contributed by atoms with Gasteiger partial charge in [-0.15, -0.1) is 0 Å². The zero-order valence-electron chi connectivity index (χ0n) is 11.9. The summed E-state index contributed by atoms with van der Waals surface area (Å²) >= 11 is 0. The monoisotopic (exact) mass is 271 g/mol. The van der Waals surface area contributed by atoms with Crippen LogP contribution in [0.25, 0.3) is 0 Å². The Kier molecular flexibility index (Phi) is 4.19. The van der Waals surface area contributed by atoms with Crippen LogP contribution in [0.4, 0.5) is 0 Å². The van der Waals surface area contributed by atoms with E-state index in [-0.39, 0.29) is 0 Å². The van der Waals surface area contributed by atoms with Crippen molar-refractivity contribution in [3.8, 4) is 0 Å². The van der Waals surface area contributed by atoms with Gasteiger partial charge in [-0.05, 0) is 17.7 Å². The molecule has 1 fully saturated rings. The fourth-order valence-corrected chi connectivity index (χ4v) is 2.97. The predicted octanol–water partition coefficient (Wildman–Crippen LogP) is 2.57. The summed E-state index contributed by atoms with van der Waals surface area (Å²) in [6.45, 7) is 3.64. The Bertz CT molecular complexity index is 489. The Morgan fingerprint density at radius 1 is 1.15 bits per heavy atom. The second-order valence-corrected chi connectivity index (χ2v) is 5.21. The van der Waals surface area contributed by atoms with Gasteiger partial charge in [-0.1, -0.05) is 36.4 Å². The Balaban J connectivity index is 1.88. The number of nitrogens with zero attached hydrogens (tertiary/aromatic N) is 1. The van der Waals surface area contributed by atoms with E-state index >= 15 is 0 Å². The highest BCUT2D eigenvalue weighted by molar-refractivity contribution is 5.35. The van der Waals surface area contributed by atoms with Crippen molar-refractivity contribution in [3.05, 3.63) is 59.9 Å². The van der Waals surface area contributed by atoms with E-state index < -0.39 is 0 Å². The summed E-state index contributed by atoms with van der Waals surface area (Å²) in [5.41, 5.74) is 1.34. The summed E-state index contributed by atoms with van der Waals surface area (Å²) in [6.07, 6.45) is 6.58. The van der Waals surface area contributed by atoms with Gasteiger partial charge in [-0.2, -0.15) is 0 Å².